The van der Waals surface area contributed by atoms with Gasteiger partial charge in [-0.3, -0.25) is 0 Å². The van der Waals surface area contributed by atoms with Crippen molar-refractivity contribution in [1.82, 2.24) is 14.1 Å². The van der Waals surface area contributed by atoms with Crippen LogP contribution in [0.1, 0.15) is 80.3 Å². The molecule has 0 saturated heterocycles. The second kappa shape index (κ2) is 21.6. The Bertz CT molecular complexity index is 5230. The Balaban J connectivity index is 1.01. The number of fused-ring (bicyclic) bond motifs is 9. The molecule has 4 heterocycles. The number of rotatable bonds is 11. The third-order valence-corrected chi connectivity index (χ3v) is 17.0. The van der Waals surface area contributed by atoms with Crippen molar-refractivity contribution in [2.45, 2.75) is 67.0 Å². The molecule has 0 unspecified atom stereocenters. The molecule has 2 aliphatic rings. The molecule has 0 fully saturated rings. The zero-order valence-corrected chi connectivity index (χ0v) is 49.7. The van der Waals surface area contributed by atoms with Crippen LogP contribution in [0.4, 0.5) is 22.9 Å². The number of para-hydroxylation sites is 4. The van der Waals surface area contributed by atoms with Crippen LogP contribution in [0, 0.1) is 30.3 Å². The molecule has 418 valence electrons. The number of benzene rings is 10. The van der Waals surface area contributed by atoms with Crippen molar-refractivity contribution in [1.29, 1.82) is 0 Å². The molecule has 85 heavy (non-hydrogen) atoms. The van der Waals surface area contributed by atoms with E-state index >= 15 is 0 Å². The summed E-state index contributed by atoms with van der Waals surface area (Å²) in [6.07, 6.45) is -2.23. The Morgan fingerprint density at radius 1 is 0.553 bits per heavy atom. The summed E-state index contributed by atoms with van der Waals surface area (Å²) in [7, 11) is 0. The molecule has 10 aromatic carbocycles. The van der Waals surface area contributed by atoms with Crippen molar-refractivity contribution in [2.75, 3.05) is 9.62 Å². The average molecular weight is 1300 g/mol. The van der Waals surface area contributed by atoms with Crippen molar-refractivity contribution in [2.24, 2.45) is 5.92 Å². The first-order valence-corrected chi connectivity index (χ1v) is 29.6. The monoisotopic (exact) mass is 1300 g/mol. The van der Waals surface area contributed by atoms with Crippen LogP contribution in [-0.2, 0) is 31.1 Å². The van der Waals surface area contributed by atoms with Gasteiger partial charge in [0.25, 0.3) is 0 Å². The maximum absolute atomic E-state index is 10.6. The van der Waals surface area contributed by atoms with E-state index in [0.717, 1.165) is 33.4 Å². The topological polar surface area (TPSA) is 38.5 Å². The van der Waals surface area contributed by atoms with Crippen LogP contribution < -0.4 is 19.8 Å². The third-order valence-electron chi connectivity index (χ3n) is 16.0. The molecule has 0 N–H and O–H groups in total. The summed E-state index contributed by atoms with van der Waals surface area (Å²) in [6, 6.07) is 68.8. The van der Waals surface area contributed by atoms with Crippen LogP contribution in [0.5, 0.6) is 11.6 Å². The number of aryl methyl sites for hydroxylation is 3. The summed E-state index contributed by atoms with van der Waals surface area (Å²) in [6.45, 7) is 1.43. The molecule has 0 aliphatic carbocycles. The Morgan fingerprint density at radius 2 is 1.19 bits per heavy atom. The minimum atomic E-state index is -2.72. The number of ether oxygens (including phenoxy) is 1. The van der Waals surface area contributed by atoms with E-state index in [4.69, 9.17) is 17.9 Å². The summed E-state index contributed by atoms with van der Waals surface area (Å²) in [5, 5.41) is 0. The van der Waals surface area contributed by atoms with E-state index < -0.39 is 45.2 Å². The zero-order valence-electron chi connectivity index (χ0n) is 60.5. The molecular weight excluding hydrogens is 1220 g/mol. The molecule has 2 aromatic heterocycles. The van der Waals surface area contributed by atoms with Gasteiger partial charge >= 0.3 is 438 Å². The van der Waals surface area contributed by atoms with Gasteiger partial charge in [0.05, 0.1) is 0 Å². The van der Waals surface area contributed by atoms with Crippen LogP contribution >= 0.6 is 0 Å². The number of anilines is 4. The minimum absolute atomic E-state index is 0.00223. The molecule has 0 amide bonds. The van der Waals surface area contributed by atoms with Crippen molar-refractivity contribution in [3.8, 4) is 78.6 Å². The predicted molar refractivity (Wildman–Crippen MR) is 351 cm³/mol. The number of hydrogen-bond donors (Lipinski definition) is 0. The van der Waals surface area contributed by atoms with Crippen LogP contribution in [-0.4, -0.2) is 21.1 Å². The van der Waals surface area contributed by atoms with E-state index in [9.17, 15) is 9.60 Å². The van der Waals surface area contributed by atoms with E-state index in [1.54, 1.807) is 56.3 Å². The molecule has 8 heteroatoms. The number of aromatic nitrogens is 3. The molecule has 6 nitrogen and oxygen atoms in total. The predicted octanol–water partition coefficient (Wildman–Crippen LogP) is 19.4. The Kier molecular flexibility index (Phi) is 10.4. The van der Waals surface area contributed by atoms with Gasteiger partial charge in [0.1, 0.15) is 0 Å². The van der Waals surface area contributed by atoms with E-state index in [1.165, 1.54) is 6.07 Å². The fourth-order valence-electron chi connectivity index (χ4n) is 12.2. The molecule has 0 spiro atoms. The number of hydrogen-bond acceptors (Lipinski definition) is 4. The quantitative estimate of drug-likeness (QED) is 0.121. The van der Waals surface area contributed by atoms with Crippen molar-refractivity contribution in [3.63, 3.8) is 0 Å². The molecule has 0 saturated carbocycles. The van der Waals surface area contributed by atoms with Gasteiger partial charge in [-0.25, -0.2) is 0 Å². The van der Waals surface area contributed by atoms with Gasteiger partial charge in [-0.15, -0.1) is 0 Å². The van der Waals surface area contributed by atoms with Gasteiger partial charge in [0.2, 0.25) is 0 Å². The Hall–Kier alpha value is -9.03. The summed E-state index contributed by atoms with van der Waals surface area (Å²) >= 11 is 2.26. The summed E-state index contributed by atoms with van der Waals surface area (Å²) < 4.78 is 132. The Labute approximate surface area is 529 Å². The molecule has 2 aliphatic heterocycles. The van der Waals surface area contributed by atoms with Crippen LogP contribution in [0.2, 0.25) is 0 Å². The number of pyridine rings is 1. The first kappa shape index (κ1) is 41.1. The van der Waals surface area contributed by atoms with E-state index in [0.29, 0.717) is 65.4 Å². The van der Waals surface area contributed by atoms with Gasteiger partial charge in [0.15, 0.2) is 0 Å². The van der Waals surface area contributed by atoms with E-state index in [1.807, 2.05) is 184 Å². The summed E-state index contributed by atoms with van der Waals surface area (Å²) in [5.74, 6) is -0.152. The first-order chi connectivity index (χ1) is 46.5. The van der Waals surface area contributed by atoms with Gasteiger partial charge in [-0.1, -0.05) is 48.5 Å². The van der Waals surface area contributed by atoms with Crippen molar-refractivity contribution < 1.29 is 41.9 Å². The SMILES string of the molecule is [2H]c1c(-c2cccc(C([2H])([2H])[2H])c2)c(-n2[c](=[Pt])n(-c3cccc(Oc4nc(N5B6c7ccccc7-c7c(cccc7C([2H])([2H])[2H])N6c6ccccc65)cc(C([2H])([2H])[2H])c4-c4ccccc4)c3)c3ccccc32)c(-c2cc(-c3ccccc3)cc(C(C)(C)C)c2)c([2H])c1C([2H])([2H])C(C)C. The summed E-state index contributed by atoms with van der Waals surface area (Å²) in [5.41, 5.74) is 11.1. The molecule has 0 atom stereocenters. The fourth-order valence-corrected chi connectivity index (χ4v) is 13.3. The Morgan fingerprint density at radius 3 is 1.93 bits per heavy atom. The third kappa shape index (κ3) is 9.60. The van der Waals surface area contributed by atoms with Gasteiger partial charge < -0.3 is 0 Å². The molecule has 0 radical (unpaired) electrons. The zero-order chi connectivity index (χ0) is 69.3. The molecular formula is C77H66BN5OPt. The van der Waals surface area contributed by atoms with Crippen molar-refractivity contribution in [3.05, 3.63) is 268 Å². The van der Waals surface area contributed by atoms with Gasteiger partial charge in [-0.05, 0) is 30.1 Å². The second-order valence-electron chi connectivity index (χ2n) is 23.0. The van der Waals surface area contributed by atoms with Crippen molar-refractivity contribution >= 4 is 46.4 Å². The normalized spacial score (nSPS) is 15.5. The fraction of sp³-hybridized carbons (Fsp3) is 0.143. The van der Waals surface area contributed by atoms with Crippen LogP contribution in [0.25, 0.3) is 78.0 Å². The molecule has 0 bridgehead atoms. The molecule has 14 rings (SSSR count). The van der Waals surface area contributed by atoms with Gasteiger partial charge in [-0.2, -0.15) is 0 Å². The number of nitrogens with zero attached hydrogens (tertiary/aromatic N) is 5. The maximum atomic E-state index is 10.6. The van der Waals surface area contributed by atoms with E-state index in [2.05, 4.69) is 51.0 Å². The number of imidazole rings is 1. The van der Waals surface area contributed by atoms with E-state index in [-0.39, 0.29) is 62.9 Å². The first-order valence-electron chi connectivity index (χ1n) is 35.0. The molecule has 12 aromatic rings. The summed E-state index contributed by atoms with van der Waals surface area (Å²) in [4.78, 5) is 9.51. The van der Waals surface area contributed by atoms with Crippen LogP contribution in [0.3, 0.4) is 0 Å². The second-order valence-corrected chi connectivity index (χ2v) is 24.0. The standard InChI is InChI=1S/C77H66BN5O.Pt/c1-50(2)40-54-43-64(57-30-21-24-51(3)41-57)75(65(44-54)59-45-58(55-26-11-9-12-27-55)46-60(47-59)77(6,7)8)81-49-80(67-35-17-18-36-68(67)81)61-31-23-32-62(48-61)84-76-73(56-28-13-10-14-29-56)53(5)42-72(79-76)83-70-38-20-19-37-69(70)82-71-39-22-25-52(4)74(71)63-33-15-16-34-66(63)78(82)83;/h9-39,41-48,50H,40H2,1-8H3;/i3D3,4D3,5D3,40D2,43D,44D;. The van der Waals surface area contributed by atoms with Gasteiger partial charge in [0, 0.05) is 15.4 Å². The average Bonchev–Trinajstić information content (AvgIpc) is 1.46. The van der Waals surface area contributed by atoms with Crippen LogP contribution in [0.15, 0.2) is 237 Å².